The fraction of sp³-hybridized carbons (Fsp3) is 0. The summed E-state index contributed by atoms with van der Waals surface area (Å²) in [6, 6.07) is 59.0. The number of nitrogens with zero attached hydrogens (tertiary/aromatic N) is 1. The summed E-state index contributed by atoms with van der Waals surface area (Å²) in [5.41, 5.74) is 7.49. The Morgan fingerprint density at radius 3 is 2.00 bits per heavy atom. The first-order chi connectivity index (χ1) is 23.3. The summed E-state index contributed by atoms with van der Waals surface area (Å²) < 4.78 is 9.31. The van der Waals surface area contributed by atoms with E-state index in [-0.39, 0.29) is 0 Å². The SMILES string of the molecule is c1ccc(N(c2cccc3ccccc23)c2cccc3oc4c5ccccc5ccc4c23)c(-c2ccc3sc4ccccc4c3c2)c1. The minimum Gasteiger partial charge on any atom is -0.455 e. The molecule has 0 saturated heterocycles. The van der Waals surface area contributed by atoms with Gasteiger partial charge in [0.05, 0.1) is 22.4 Å². The molecule has 0 aliphatic rings. The topological polar surface area (TPSA) is 16.4 Å². The van der Waals surface area contributed by atoms with Gasteiger partial charge < -0.3 is 9.32 Å². The van der Waals surface area contributed by atoms with E-state index in [4.69, 9.17) is 4.42 Å². The molecule has 0 atom stereocenters. The van der Waals surface area contributed by atoms with Crippen molar-refractivity contribution in [2.75, 3.05) is 4.90 Å². The summed E-state index contributed by atoms with van der Waals surface area (Å²) in [4.78, 5) is 2.44. The van der Waals surface area contributed by atoms with Crippen LogP contribution in [-0.4, -0.2) is 0 Å². The summed E-state index contributed by atoms with van der Waals surface area (Å²) in [6.07, 6.45) is 0. The second kappa shape index (κ2) is 10.3. The molecule has 2 nitrogen and oxygen atoms in total. The van der Waals surface area contributed by atoms with Crippen LogP contribution in [0, 0.1) is 0 Å². The second-order valence-electron chi connectivity index (χ2n) is 12.1. The average Bonchev–Trinajstić information content (AvgIpc) is 3.71. The van der Waals surface area contributed by atoms with Gasteiger partial charge in [0.1, 0.15) is 11.2 Å². The lowest BCUT2D eigenvalue weighted by atomic mass is 9.98. The van der Waals surface area contributed by atoms with Crippen LogP contribution >= 0.6 is 11.3 Å². The van der Waals surface area contributed by atoms with Crippen LogP contribution in [0.25, 0.3) is 74.8 Å². The Kier molecular flexibility index (Phi) is 5.78. The Morgan fingerprint density at radius 2 is 1.09 bits per heavy atom. The maximum Gasteiger partial charge on any atom is 0.143 e. The summed E-state index contributed by atoms with van der Waals surface area (Å²) in [5.74, 6) is 0. The Hall–Kier alpha value is -5.90. The second-order valence-corrected chi connectivity index (χ2v) is 13.2. The van der Waals surface area contributed by atoms with Gasteiger partial charge in [0, 0.05) is 41.9 Å². The summed E-state index contributed by atoms with van der Waals surface area (Å²) in [6.45, 7) is 0. The maximum absolute atomic E-state index is 6.69. The van der Waals surface area contributed by atoms with Gasteiger partial charge in [-0.2, -0.15) is 0 Å². The van der Waals surface area contributed by atoms with Crippen molar-refractivity contribution >= 4 is 92.1 Å². The van der Waals surface area contributed by atoms with E-state index in [1.54, 1.807) is 0 Å². The highest BCUT2D eigenvalue weighted by Gasteiger charge is 2.24. The molecule has 2 heterocycles. The van der Waals surface area contributed by atoms with Crippen LogP contribution in [0.3, 0.4) is 0 Å². The Balaban J connectivity index is 1.29. The van der Waals surface area contributed by atoms with E-state index in [9.17, 15) is 0 Å². The molecular weight excluding hydrogens is 591 g/mol. The highest BCUT2D eigenvalue weighted by atomic mass is 32.1. The molecule has 0 saturated carbocycles. The molecule has 0 fully saturated rings. The lowest BCUT2D eigenvalue weighted by Gasteiger charge is -2.29. The van der Waals surface area contributed by atoms with Gasteiger partial charge in [-0.3, -0.25) is 0 Å². The number of furan rings is 1. The number of hydrogen-bond acceptors (Lipinski definition) is 3. The minimum atomic E-state index is 0.878. The van der Waals surface area contributed by atoms with E-state index in [2.05, 4.69) is 169 Å². The van der Waals surface area contributed by atoms with Crippen molar-refractivity contribution in [3.8, 4) is 11.1 Å². The first kappa shape index (κ1) is 26.3. The summed E-state index contributed by atoms with van der Waals surface area (Å²) >= 11 is 1.85. The van der Waals surface area contributed by atoms with Gasteiger partial charge in [0.15, 0.2) is 0 Å². The van der Waals surface area contributed by atoms with Crippen molar-refractivity contribution in [2.45, 2.75) is 0 Å². The summed E-state index contributed by atoms with van der Waals surface area (Å²) in [5, 5.41) is 9.52. The molecule has 0 amide bonds. The monoisotopic (exact) mass is 617 g/mol. The van der Waals surface area contributed by atoms with E-state index in [1.165, 1.54) is 47.5 Å². The van der Waals surface area contributed by atoms with Crippen molar-refractivity contribution in [1.29, 1.82) is 0 Å². The van der Waals surface area contributed by atoms with Crippen LogP contribution in [0.1, 0.15) is 0 Å². The van der Waals surface area contributed by atoms with Crippen LogP contribution < -0.4 is 4.90 Å². The molecule has 0 radical (unpaired) electrons. The van der Waals surface area contributed by atoms with Crippen LogP contribution in [-0.2, 0) is 0 Å². The quantitative estimate of drug-likeness (QED) is 0.195. The molecule has 0 aliphatic heterocycles. The molecule has 10 aromatic rings. The van der Waals surface area contributed by atoms with E-state index in [0.29, 0.717) is 0 Å². The molecule has 3 heteroatoms. The number of anilines is 3. The number of thiophene rings is 1. The van der Waals surface area contributed by atoms with Crippen molar-refractivity contribution in [3.63, 3.8) is 0 Å². The predicted octanol–water partition coefficient (Wildman–Crippen LogP) is 13.4. The van der Waals surface area contributed by atoms with Crippen LogP contribution in [0.5, 0.6) is 0 Å². The van der Waals surface area contributed by atoms with Crippen LogP contribution in [0.15, 0.2) is 168 Å². The highest BCUT2D eigenvalue weighted by molar-refractivity contribution is 7.25. The highest BCUT2D eigenvalue weighted by Crippen LogP contribution is 2.48. The first-order valence-electron chi connectivity index (χ1n) is 15.9. The van der Waals surface area contributed by atoms with Gasteiger partial charge in [0.25, 0.3) is 0 Å². The average molecular weight is 618 g/mol. The van der Waals surface area contributed by atoms with Gasteiger partial charge in [-0.15, -0.1) is 11.3 Å². The zero-order chi connectivity index (χ0) is 30.9. The number of para-hydroxylation sites is 1. The van der Waals surface area contributed by atoms with E-state index in [1.807, 2.05) is 11.3 Å². The summed E-state index contributed by atoms with van der Waals surface area (Å²) in [7, 11) is 0. The third-order valence-electron chi connectivity index (χ3n) is 9.45. The smallest absolute Gasteiger partial charge is 0.143 e. The molecule has 0 unspecified atom stereocenters. The van der Waals surface area contributed by atoms with Gasteiger partial charge in [-0.25, -0.2) is 0 Å². The molecule has 0 aliphatic carbocycles. The fourth-order valence-corrected chi connectivity index (χ4v) is 8.41. The Labute approximate surface area is 275 Å². The van der Waals surface area contributed by atoms with Crippen LogP contribution in [0.4, 0.5) is 17.1 Å². The molecule has 0 spiro atoms. The zero-order valence-electron chi connectivity index (χ0n) is 25.4. The number of rotatable bonds is 4. The van der Waals surface area contributed by atoms with E-state index < -0.39 is 0 Å². The number of hydrogen-bond donors (Lipinski definition) is 0. The first-order valence-corrected chi connectivity index (χ1v) is 16.7. The molecule has 10 rings (SSSR count). The molecule has 2 aromatic heterocycles. The van der Waals surface area contributed by atoms with Gasteiger partial charge in [0.2, 0.25) is 0 Å². The maximum atomic E-state index is 6.69. The molecule has 8 aromatic carbocycles. The third-order valence-corrected chi connectivity index (χ3v) is 10.6. The third kappa shape index (κ3) is 4.04. The molecule has 220 valence electrons. The van der Waals surface area contributed by atoms with Crippen molar-refractivity contribution in [2.24, 2.45) is 0 Å². The minimum absolute atomic E-state index is 0.878. The van der Waals surface area contributed by atoms with Crippen molar-refractivity contribution in [3.05, 3.63) is 164 Å². The lowest BCUT2D eigenvalue weighted by Crippen LogP contribution is -2.12. The fourth-order valence-electron chi connectivity index (χ4n) is 7.32. The lowest BCUT2D eigenvalue weighted by molar-refractivity contribution is 0.672. The standard InChI is InChI=1S/C44H27NOS/c1-3-14-31-28(11-1)13-9-19-38(31)45(39-20-10-21-40-43(39)35-25-23-29-12-2-4-16-33(29)44(35)46-40)37-18-7-5-15-32(37)30-24-26-42-36(27-30)34-17-6-8-22-41(34)47-42/h1-27H. The molecular formula is C44H27NOS. The Bertz CT molecular complexity index is 2820. The van der Waals surface area contributed by atoms with Gasteiger partial charge >= 0.3 is 0 Å². The number of benzene rings is 8. The van der Waals surface area contributed by atoms with E-state index in [0.717, 1.165) is 44.4 Å². The normalized spacial score (nSPS) is 11.8. The zero-order valence-corrected chi connectivity index (χ0v) is 26.2. The van der Waals surface area contributed by atoms with Gasteiger partial charge in [-0.1, -0.05) is 115 Å². The van der Waals surface area contributed by atoms with Crippen molar-refractivity contribution < 1.29 is 4.42 Å². The van der Waals surface area contributed by atoms with Crippen molar-refractivity contribution in [1.82, 2.24) is 0 Å². The molecule has 0 bridgehead atoms. The largest absolute Gasteiger partial charge is 0.455 e. The van der Waals surface area contributed by atoms with Gasteiger partial charge in [-0.05, 0) is 64.9 Å². The molecule has 47 heavy (non-hydrogen) atoms. The Morgan fingerprint density at radius 1 is 0.426 bits per heavy atom. The van der Waals surface area contributed by atoms with Crippen LogP contribution in [0.2, 0.25) is 0 Å². The number of fused-ring (bicyclic) bond motifs is 9. The predicted molar refractivity (Wildman–Crippen MR) is 202 cm³/mol. The molecule has 0 N–H and O–H groups in total. The van der Waals surface area contributed by atoms with E-state index >= 15 is 0 Å².